The summed E-state index contributed by atoms with van der Waals surface area (Å²) in [6, 6.07) is 14.0. The number of para-hydroxylation sites is 1. The number of aromatic amines is 1. The van der Waals surface area contributed by atoms with Crippen molar-refractivity contribution in [2.24, 2.45) is 0 Å². The van der Waals surface area contributed by atoms with E-state index in [4.69, 9.17) is 0 Å². The van der Waals surface area contributed by atoms with Crippen molar-refractivity contribution in [1.29, 1.82) is 0 Å². The zero-order valence-electron chi connectivity index (χ0n) is 14.6. The second kappa shape index (κ2) is 6.57. The summed E-state index contributed by atoms with van der Waals surface area (Å²) in [5.41, 5.74) is 4.50. The molecule has 0 aliphatic carbocycles. The van der Waals surface area contributed by atoms with Crippen LogP contribution in [0.5, 0.6) is 0 Å². The molecule has 0 saturated heterocycles. The number of H-pyrrole nitrogens is 1. The summed E-state index contributed by atoms with van der Waals surface area (Å²) in [4.78, 5) is 22.0. The van der Waals surface area contributed by atoms with Gasteiger partial charge >= 0.3 is 0 Å². The van der Waals surface area contributed by atoms with Gasteiger partial charge in [-0.15, -0.1) is 0 Å². The molecule has 4 heteroatoms. The fourth-order valence-electron chi connectivity index (χ4n) is 2.94. The van der Waals surface area contributed by atoms with Gasteiger partial charge < -0.3 is 4.98 Å². The Kier molecular flexibility index (Phi) is 4.49. The SMILES string of the molecule is Cc1ccc(CN(C)[C@H](C)c2nc3ccccc3c(=O)[nH]2)c(C)c1. The van der Waals surface area contributed by atoms with Gasteiger partial charge in [-0.1, -0.05) is 35.9 Å². The molecule has 0 fully saturated rings. The first-order valence-electron chi connectivity index (χ1n) is 8.21. The van der Waals surface area contributed by atoms with E-state index < -0.39 is 0 Å². The molecule has 0 radical (unpaired) electrons. The number of nitrogens with zero attached hydrogens (tertiary/aromatic N) is 2. The van der Waals surface area contributed by atoms with Crippen LogP contribution in [-0.4, -0.2) is 21.9 Å². The topological polar surface area (TPSA) is 49.0 Å². The molecule has 0 amide bonds. The molecule has 124 valence electrons. The maximum atomic E-state index is 12.3. The largest absolute Gasteiger partial charge is 0.309 e. The lowest BCUT2D eigenvalue weighted by atomic mass is 10.0. The van der Waals surface area contributed by atoms with Crippen LogP contribution in [0.2, 0.25) is 0 Å². The third-order valence-corrected chi connectivity index (χ3v) is 4.61. The number of hydrogen-bond donors (Lipinski definition) is 1. The number of rotatable bonds is 4. The summed E-state index contributed by atoms with van der Waals surface area (Å²) in [5, 5.41) is 0.630. The van der Waals surface area contributed by atoms with Crippen LogP contribution in [0.25, 0.3) is 10.9 Å². The van der Waals surface area contributed by atoms with Crippen LogP contribution in [-0.2, 0) is 6.54 Å². The Balaban J connectivity index is 1.88. The molecular weight excluding hydrogens is 298 g/mol. The predicted octanol–water partition coefficient (Wildman–Crippen LogP) is 3.73. The lowest BCUT2D eigenvalue weighted by Crippen LogP contribution is -2.26. The Morgan fingerprint density at radius 3 is 2.67 bits per heavy atom. The van der Waals surface area contributed by atoms with Gasteiger partial charge in [0.15, 0.2) is 0 Å². The Morgan fingerprint density at radius 2 is 1.92 bits per heavy atom. The van der Waals surface area contributed by atoms with Crippen molar-refractivity contribution in [3.05, 3.63) is 75.3 Å². The average molecular weight is 321 g/mol. The van der Waals surface area contributed by atoms with E-state index in [1.54, 1.807) is 6.07 Å². The Hall–Kier alpha value is -2.46. The predicted molar refractivity (Wildman–Crippen MR) is 98.2 cm³/mol. The monoisotopic (exact) mass is 321 g/mol. The molecule has 1 heterocycles. The van der Waals surface area contributed by atoms with Crippen LogP contribution >= 0.6 is 0 Å². The molecule has 3 rings (SSSR count). The summed E-state index contributed by atoms with van der Waals surface area (Å²) in [7, 11) is 2.05. The summed E-state index contributed by atoms with van der Waals surface area (Å²) in [5.74, 6) is 0.700. The zero-order valence-corrected chi connectivity index (χ0v) is 14.6. The second-order valence-electron chi connectivity index (χ2n) is 6.49. The summed E-state index contributed by atoms with van der Waals surface area (Å²) < 4.78 is 0. The molecule has 1 atom stereocenters. The number of nitrogens with one attached hydrogen (secondary N) is 1. The van der Waals surface area contributed by atoms with E-state index in [0.29, 0.717) is 11.2 Å². The fraction of sp³-hybridized carbons (Fsp3) is 0.300. The van der Waals surface area contributed by atoms with Crippen molar-refractivity contribution in [3.8, 4) is 0 Å². The number of hydrogen-bond acceptors (Lipinski definition) is 3. The first-order chi connectivity index (χ1) is 11.5. The van der Waals surface area contributed by atoms with Gasteiger partial charge in [0.2, 0.25) is 0 Å². The van der Waals surface area contributed by atoms with Crippen molar-refractivity contribution in [2.45, 2.75) is 33.4 Å². The molecule has 0 aliphatic heterocycles. The maximum Gasteiger partial charge on any atom is 0.258 e. The number of benzene rings is 2. The van der Waals surface area contributed by atoms with Gasteiger partial charge in [0, 0.05) is 6.54 Å². The second-order valence-corrected chi connectivity index (χ2v) is 6.49. The minimum absolute atomic E-state index is 0.0167. The van der Waals surface area contributed by atoms with E-state index in [-0.39, 0.29) is 11.6 Å². The third-order valence-electron chi connectivity index (χ3n) is 4.61. The Bertz CT molecular complexity index is 930. The van der Waals surface area contributed by atoms with Crippen molar-refractivity contribution >= 4 is 10.9 Å². The highest BCUT2D eigenvalue weighted by Gasteiger charge is 2.16. The molecule has 0 unspecified atom stereocenters. The van der Waals surface area contributed by atoms with E-state index in [2.05, 4.69) is 60.9 Å². The van der Waals surface area contributed by atoms with Crippen LogP contribution < -0.4 is 5.56 Å². The zero-order chi connectivity index (χ0) is 17.3. The maximum absolute atomic E-state index is 12.3. The van der Waals surface area contributed by atoms with Gasteiger partial charge in [-0.25, -0.2) is 4.98 Å². The van der Waals surface area contributed by atoms with E-state index in [9.17, 15) is 4.79 Å². The molecule has 1 N–H and O–H groups in total. The van der Waals surface area contributed by atoms with Crippen molar-refractivity contribution in [2.75, 3.05) is 7.05 Å². The van der Waals surface area contributed by atoms with Gasteiger partial charge in [-0.05, 0) is 51.1 Å². The molecular formula is C20H23N3O. The van der Waals surface area contributed by atoms with Gasteiger partial charge in [0.1, 0.15) is 5.82 Å². The molecule has 2 aromatic carbocycles. The molecule has 24 heavy (non-hydrogen) atoms. The van der Waals surface area contributed by atoms with Crippen molar-refractivity contribution in [3.63, 3.8) is 0 Å². The smallest absolute Gasteiger partial charge is 0.258 e. The highest BCUT2D eigenvalue weighted by molar-refractivity contribution is 5.77. The minimum atomic E-state index is -0.0811. The average Bonchev–Trinajstić information content (AvgIpc) is 2.56. The first-order valence-corrected chi connectivity index (χ1v) is 8.21. The van der Waals surface area contributed by atoms with Crippen molar-refractivity contribution < 1.29 is 0 Å². The highest BCUT2D eigenvalue weighted by Crippen LogP contribution is 2.20. The van der Waals surface area contributed by atoms with Gasteiger partial charge in [-0.3, -0.25) is 9.69 Å². The molecule has 0 saturated carbocycles. The molecule has 0 aliphatic rings. The summed E-state index contributed by atoms with van der Waals surface area (Å²) in [6.45, 7) is 7.12. The van der Waals surface area contributed by atoms with Gasteiger partial charge in [0.05, 0.1) is 16.9 Å². The van der Waals surface area contributed by atoms with Crippen LogP contribution in [0.3, 0.4) is 0 Å². The number of aromatic nitrogens is 2. The number of fused-ring (bicyclic) bond motifs is 1. The summed E-state index contributed by atoms with van der Waals surface area (Å²) >= 11 is 0. The molecule has 0 bridgehead atoms. The van der Waals surface area contributed by atoms with Crippen molar-refractivity contribution in [1.82, 2.24) is 14.9 Å². The standard InChI is InChI=1S/C20H23N3O/c1-13-9-10-16(14(2)11-13)12-23(4)15(3)19-21-18-8-6-5-7-17(18)20(24)22-19/h5-11,15H,12H2,1-4H3,(H,21,22,24)/t15-/m1/s1. The minimum Gasteiger partial charge on any atom is -0.309 e. The normalized spacial score (nSPS) is 12.7. The first kappa shape index (κ1) is 16.4. The van der Waals surface area contributed by atoms with Gasteiger partial charge in [-0.2, -0.15) is 0 Å². The fourth-order valence-corrected chi connectivity index (χ4v) is 2.94. The van der Waals surface area contributed by atoms with E-state index in [1.807, 2.05) is 18.2 Å². The van der Waals surface area contributed by atoms with Crippen LogP contribution in [0.15, 0.2) is 47.3 Å². The molecule has 0 spiro atoms. The lowest BCUT2D eigenvalue weighted by molar-refractivity contribution is 0.243. The Labute approximate surface area is 142 Å². The van der Waals surface area contributed by atoms with E-state index >= 15 is 0 Å². The van der Waals surface area contributed by atoms with Gasteiger partial charge in [0.25, 0.3) is 5.56 Å². The molecule has 4 nitrogen and oxygen atoms in total. The van der Waals surface area contributed by atoms with Crippen LogP contribution in [0, 0.1) is 13.8 Å². The molecule has 3 aromatic rings. The van der Waals surface area contributed by atoms with Crippen LogP contribution in [0.1, 0.15) is 35.5 Å². The lowest BCUT2D eigenvalue weighted by Gasteiger charge is -2.25. The number of aryl methyl sites for hydroxylation is 2. The summed E-state index contributed by atoms with van der Waals surface area (Å²) in [6.07, 6.45) is 0. The highest BCUT2D eigenvalue weighted by atomic mass is 16.1. The van der Waals surface area contributed by atoms with Crippen LogP contribution in [0.4, 0.5) is 0 Å². The molecule has 1 aromatic heterocycles. The quantitative estimate of drug-likeness (QED) is 0.796. The Morgan fingerprint density at radius 1 is 1.17 bits per heavy atom. The third kappa shape index (κ3) is 3.24. The van der Waals surface area contributed by atoms with E-state index in [0.717, 1.165) is 12.1 Å². The van der Waals surface area contributed by atoms with E-state index in [1.165, 1.54) is 16.7 Å².